The number of amides is 1. The Bertz CT molecular complexity index is 943. The largest absolute Gasteiger partial charge is 0.497 e. The van der Waals surface area contributed by atoms with Crippen LogP contribution in [0.2, 0.25) is 0 Å². The number of hydrogen-bond acceptors (Lipinski definition) is 7. The highest BCUT2D eigenvalue weighted by Gasteiger charge is 2.59. The van der Waals surface area contributed by atoms with Crippen molar-refractivity contribution in [2.24, 2.45) is 5.92 Å². The third-order valence-electron chi connectivity index (χ3n) is 5.79. The molecule has 1 aromatic heterocycles. The van der Waals surface area contributed by atoms with E-state index in [-0.39, 0.29) is 12.0 Å². The lowest BCUT2D eigenvalue weighted by molar-refractivity contribution is -0.177. The lowest BCUT2D eigenvalue weighted by Crippen LogP contribution is -2.47. The molecule has 0 aliphatic carbocycles. The van der Waals surface area contributed by atoms with Gasteiger partial charge in [-0.25, -0.2) is 4.79 Å². The Morgan fingerprint density at radius 2 is 2.03 bits per heavy atom. The molecule has 0 spiro atoms. The van der Waals surface area contributed by atoms with Crippen molar-refractivity contribution in [3.63, 3.8) is 0 Å². The van der Waals surface area contributed by atoms with E-state index < -0.39 is 11.1 Å². The molecule has 8 heteroatoms. The number of nitrogen functional groups attached to an aromatic ring is 1. The summed E-state index contributed by atoms with van der Waals surface area (Å²) in [5, 5.41) is 1.95. The van der Waals surface area contributed by atoms with Crippen molar-refractivity contribution in [2.75, 3.05) is 32.5 Å². The van der Waals surface area contributed by atoms with E-state index in [0.29, 0.717) is 31.9 Å². The topological polar surface area (TPSA) is 90.2 Å². The Hall–Kier alpha value is -2.84. The van der Waals surface area contributed by atoms with Crippen LogP contribution in [0.15, 0.2) is 42.6 Å². The number of nitrogens with zero attached hydrogens (tertiary/aromatic N) is 3. The maximum Gasteiger partial charge on any atom is 0.410 e. The molecule has 2 aromatic rings. The maximum atomic E-state index is 12.9. The molecule has 8 nitrogen and oxygen atoms in total. The molecule has 166 valence electrons. The minimum Gasteiger partial charge on any atom is -0.497 e. The second-order valence-corrected chi connectivity index (χ2v) is 9.14. The summed E-state index contributed by atoms with van der Waals surface area (Å²) in [6.45, 7) is 7.59. The van der Waals surface area contributed by atoms with Gasteiger partial charge in [0.1, 0.15) is 16.9 Å². The van der Waals surface area contributed by atoms with Crippen molar-refractivity contribution in [1.82, 2.24) is 14.9 Å². The number of aromatic nitrogens is 1. The number of likely N-dealkylation sites (tertiary alicyclic amines) is 1. The number of benzene rings is 1. The summed E-state index contributed by atoms with van der Waals surface area (Å²) in [6, 6.07) is 11.5. The van der Waals surface area contributed by atoms with Crippen LogP contribution in [0.5, 0.6) is 5.75 Å². The van der Waals surface area contributed by atoms with Gasteiger partial charge in [0.05, 0.1) is 32.5 Å². The monoisotopic (exact) mass is 426 g/mol. The summed E-state index contributed by atoms with van der Waals surface area (Å²) in [4.78, 5) is 25.4. The molecule has 0 bridgehead atoms. The molecule has 31 heavy (non-hydrogen) atoms. The Kier molecular flexibility index (Phi) is 5.53. The number of nitrogens with two attached hydrogens (primary N) is 1. The average molecular weight is 427 g/mol. The normalized spacial score (nSPS) is 23.6. The number of methoxy groups -OCH3 is 1. The van der Waals surface area contributed by atoms with E-state index in [1.165, 1.54) is 0 Å². The van der Waals surface area contributed by atoms with Gasteiger partial charge in [-0.3, -0.25) is 9.82 Å². The average Bonchev–Trinajstić information content (AvgIpc) is 3.25. The fraction of sp³-hybridized carbons (Fsp3) is 0.478. The molecule has 2 N–H and O–H groups in total. The lowest BCUT2D eigenvalue weighted by Gasteiger charge is -2.36. The van der Waals surface area contributed by atoms with E-state index in [1.807, 2.05) is 56.2 Å². The molecule has 2 fully saturated rings. The summed E-state index contributed by atoms with van der Waals surface area (Å²) >= 11 is 0. The van der Waals surface area contributed by atoms with Gasteiger partial charge in [-0.05, 0) is 50.6 Å². The lowest BCUT2D eigenvalue weighted by atomic mass is 9.84. The number of hydrogen-bond donors (Lipinski definition) is 1. The summed E-state index contributed by atoms with van der Waals surface area (Å²) in [5.74, 6) is 0.848. The molecule has 1 amide bonds. The number of ether oxygens (including phenoxy) is 2. The van der Waals surface area contributed by atoms with Crippen molar-refractivity contribution >= 4 is 11.8 Å². The number of fused-ring (bicyclic) bond motifs is 1. The van der Waals surface area contributed by atoms with Crippen LogP contribution in [0.4, 0.5) is 10.5 Å². The highest BCUT2D eigenvalue weighted by Crippen LogP contribution is 2.47. The summed E-state index contributed by atoms with van der Waals surface area (Å²) in [5.41, 5.74) is 7.43. The predicted octanol–water partition coefficient (Wildman–Crippen LogP) is 3.18. The number of carbonyl (C=O) groups excluding carboxylic acids is 1. The minimum absolute atomic E-state index is 0.0487. The zero-order valence-corrected chi connectivity index (χ0v) is 18.5. The molecule has 2 saturated heterocycles. The van der Waals surface area contributed by atoms with Crippen LogP contribution in [0.25, 0.3) is 0 Å². The smallest absolute Gasteiger partial charge is 0.410 e. The molecule has 2 atom stereocenters. The van der Waals surface area contributed by atoms with E-state index in [1.54, 1.807) is 24.3 Å². The molecule has 0 radical (unpaired) electrons. The van der Waals surface area contributed by atoms with E-state index in [0.717, 1.165) is 17.0 Å². The van der Waals surface area contributed by atoms with Crippen molar-refractivity contribution in [3.05, 3.63) is 53.9 Å². The summed E-state index contributed by atoms with van der Waals surface area (Å²) in [7, 11) is 1.65. The Morgan fingerprint density at radius 1 is 1.29 bits per heavy atom. The second kappa shape index (κ2) is 8.01. The first-order valence-electron chi connectivity index (χ1n) is 10.4. The summed E-state index contributed by atoms with van der Waals surface area (Å²) in [6.07, 6.45) is 1.38. The molecule has 2 aliphatic rings. The Labute approximate surface area is 182 Å². The van der Waals surface area contributed by atoms with Gasteiger partial charge in [-0.2, -0.15) is 5.06 Å². The van der Waals surface area contributed by atoms with Crippen LogP contribution < -0.4 is 10.5 Å². The van der Waals surface area contributed by atoms with Crippen LogP contribution in [0.1, 0.15) is 32.0 Å². The van der Waals surface area contributed by atoms with Gasteiger partial charge in [0.25, 0.3) is 0 Å². The Balaban J connectivity index is 1.66. The molecule has 3 heterocycles. The molecular weight excluding hydrogens is 396 g/mol. The van der Waals surface area contributed by atoms with Crippen LogP contribution in [0.3, 0.4) is 0 Å². The van der Waals surface area contributed by atoms with Crippen molar-refractivity contribution in [2.45, 2.75) is 38.5 Å². The van der Waals surface area contributed by atoms with Crippen molar-refractivity contribution in [1.29, 1.82) is 0 Å². The van der Waals surface area contributed by atoms with Gasteiger partial charge < -0.3 is 20.1 Å². The predicted molar refractivity (Wildman–Crippen MR) is 116 cm³/mol. The fourth-order valence-corrected chi connectivity index (χ4v) is 4.32. The van der Waals surface area contributed by atoms with Crippen LogP contribution in [0, 0.1) is 5.92 Å². The summed E-state index contributed by atoms with van der Waals surface area (Å²) < 4.78 is 10.9. The van der Waals surface area contributed by atoms with E-state index in [4.69, 9.17) is 20.0 Å². The minimum atomic E-state index is -0.605. The molecular formula is C23H30N4O4. The quantitative estimate of drug-likeness (QED) is 0.803. The molecule has 0 saturated carbocycles. The van der Waals surface area contributed by atoms with Crippen molar-refractivity contribution < 1.29 is 19.1 Å². The van der Waals surface area contributed by atoms with Gasteiger partial charge in [-0.1, -0.05) is 12.1 Å². The van der Waals surface area contributed by atoms with E-state index >= 15 is 0 Å². The van der Waals surface area contributed by atoms with Gasteiger partial charge >= 0.3 is 6.09 Å². The zero-order chi connectivity index (χ0) is 22.2. The third-order valence-corrected chi connectivity index (χ3v) is 5.79. The SMILES string of the molecule is COc1ccc(CN2OCC3CN(C(=O)OC(C)(C)C)CC32c2cc(N)ccn2)cc1. The highest BCUT2D eigenvalue weighted by molar-refractivity contribution is 5.69. The molecule has 2 aliphatic heterocycles. The first-order valence-corrected chi connectivity index (χ1v) is 10.4. The van der Waals surface area contributed by atoms with Gasteiger partial charge in [0.15, 0.2) is 0 Å². The van der Waals surface area contributed by atoms with Crippen LogP contribution >= 0.6 is 0 Å². The number of anilines is 1. The van der Waals surface area contributed by atoms with Gasteiger partial charge in [0, 0.05) is 24.3 Å². The molecule has 4 rings (SSSR count). The van der Waals surface area contributed by atoms with Gasteiger partial charge in [0.2, 0.25) is 0 Å². The van der Waals surface area contributed by atoms with E-state index in [9.17, 15) is 4.79 Å². The van der Waals surface area contributed by atoms with Crippen LogP contribution in [-0.2, 0) is 21.7 Å². The maximum absolute atomic E-state index is 12.9. The van der Waals surface area contributed by atoms with Gasteiger partial charge in [-0.15, -0.1) is 0 Å². The first-order chi connectivity index (χ1) is 14.7. The standard InChI is InChI=1S/C23H30N4O4/c1-22(2,3)31-21(28)26-13-17-14-30-27(12-16-5-7-19(29-4)8-6-16)23(17,15-26)20-11-18(24)9-10-25-20/h5-11,17H,12-15H2,1-4H3,(H2,24,25). The number of pyridine rings is 1. The van der Waals surface area contributed by atoms with Crippen molar-refractivity contribution in [3.8, 4) is 5.75 Å². The van der Waals surface area contributed by atoms with E-state index in [2.05, 4.69) is 4.98 Å². The first kappa shape index (κ1) is 21.4. The third kappa shape index (κ3) is 4.18. The van der Waals surface area contributed by atoms with Crippen LogP contribution in [-0.4, -0.2) is 53.4 Å². The number of rotatable bonds is 4. The zero-order valence-electron chi connectivity index (χ0n) is 18.5. The molecule has 2 unspecified atom stereocenters. The fourth-order valence-electron chi connectivity index (χ4n) is 4.32. The number of carbonyl (C=O) groups is 1. The number of hydroxylamine groups is 2. The molecule has 1 aromatic carbocycles. The Morgan fingerprint density at radius 3 is 2.68 bits per heavy atom. The second-order valence-electron chi connectivity index (χ2n) is 9.14. The highest BCUT2D eigenvalue weighted by atomic mass is 16.7.